The van der Waals surface area contributed by atoms with Crippen molar-refractivity contribution in [2.24, 2.45) is 0 Å². The first-order chi connectivity index (χ1) is 14.0. The van der Waals surface area contributed by atoms with Crippen LogP contribution in [0, 0.1) is 19.7 Å². The van der Waals surface area contributed by atoms with Gasteiger partial charge in [-0.2, -0.15) is 0 Å². The fourth-order valence-corrected chi connectivity index (χ4v) is 4.54. The summed E-state index contributed by atoms with van der Waals surface area (Å²) in [5.74, 6) is -0.336. The Hall–Kier alpha value is -2.66. The summed E-state index contributed by atoms with van der Waals surface area (Å²) in [6.45, 7) is 6.03. The third kappa shape index (κ3) is 3.92. The minimum Gasteiger partial charge on any atom is -0.381 e. The lowest BCUT2D eigenvalue weighted by Gasteiger charge is -2.39. The highest BCUT2D eigenvalue weighted by Gasteiger charge is 2.35. The van der Waals surface area contributed by atoms with Gasteiger partial charge in [0, 0.05) is 41.8 Å². The molecule has 3 aromatic rings. The summed E-state index contributed by atoms with van der Waals surface area (Å²) >= 11 is 0. The molecule has 1 amide bonds. The molecule has 4 rings (SSSR count). The fourth-order valence-electron chi connectivity index (χ4n) is 4.54. The molecule has 0 atom stereocenters. The number of carbonyl (C=O) groups is 1. The molecule has 1 saturated heterocycles. The number of fused-ring (bicyclic) bond motifs is 1. The number of hydrogen-bond acceptors (Lipinski definition) is 2. The summed E-state index contributed by atoms with van der Waals surface area (Å²) in [5.41, 5.74) is 5.03. The zero-order valence-electron chi connectivity index (χ0n) is 17.0. The van der Waals surface area contributed by atoms with Gasteiger partial charge < -0.3 is 15.0 Å². The smallest absolute Gasteiger partial charge is 0.224 e. The van der Waals surface area contributed by atoms with Crippen molar-refractivity contribution in [2.75, 3.05) is 19.8 Å². The molecular formula is C24H27FN2O2. The van der Waals surface area contributed by atoms with Crippen LogP contribution >= 0.6 is 0 Å². The van der Waals surface area contributed by atoms with E-state index in [2.05, 4.69) is 35.4 Å². The Bertz CT molecular complexity index is 1030. The van der Waals surface area contributed by atoms with Crippen LogP contribution < -0.4 is 5.32 Å². The first-order valence-corrected chi connectivity index (χ1v) is 10.2. The minimum absolute atomic E-state index is 0.0438. The summed E-state index contributed by atoms with van der Waals surface area (Å²) in [7, 11) is 0. The standard InChI is InChI=1S/C24H27FN2O2/c1-16-5-3-4-6-21(16)24(9-11-29-12-10-24)15-26-23(28)14-19-17(2)27-22-8-7-18(25)13-20(19)22/h3-8,13,27H,9-12,14-15H2,1-2H3,(H,26,28). The molecule has 4 nitrogen and oxygen atoms in total. The molecule has 1 fully saturated rings. The van der Waals surface area contributed by atoms with Crippen molar-refractivity contribution >= 4 is 16.8 Å². The van der Waals surface area contributed by atoms with E-state index in [0.717, 1.165) is 35.0 Å². The van der Waals surface area contributed by atoms with Gasteiger partial charge in [0.05, 0.1) is 6.42 Å². The summed E-state index contributed by atoms with van der Waals surface area (Å²) in [4.78, 5) is 16.1. The largest absolute Gasteiger partial charge is 0.381 e. The van der Waals surface area contributed by atoms with Crippen molar-refractivity contribution in [3.63, 3.8) is 0 Å². The highest BCUT2D eigenvalue weighted by atomic mass is 19.1. The van der Waals surface area contributed by atoms with Gasteiger partial charge in [0.1, 0.15) is 5.82 Å². The maximum absolute atomic E-state index is 13.7. The topological polar surface area (TPSA) is 54.1 Å². The Balaban J connectivity index is 1.53. The molecule has 0 saturated carbocycles. The third-order valence-electron chi connectivity index (χ3n) is 6.21. The molecule has 1 aromatic heterocycles. The van der Waals surface area contributed by atoms with E-state index in [0.29, 0.717) is 19.8 Å². The number of amides is 1. The molecule has 1 aliphatic rings. The molecule has 0 unspecified atom stereocenters. The van der Waals surface area contributed by atoms with Crippen molar-refractivity contribution in [1.29, 1.82) is 0 Å². The second-order valence-electron chi connectivity index (χ2n) is 8.08. The van der Waals surface area contributed by atoms with Crippen LogP contribution in [0.15, 0.2) is 42.5 Å². The van der Waals surface area contributed by atoms with Crippen LogP contribution in [0.5, 0.6) is 0 Å². The van der Waals surface area contributed by atoms with E-state index in [1.165, 1.54) is 23.3 Å². The predicted molar refractivity (Wildman–Crippen MR) is 113 cm³/mol. The lowest BCUT2D eigenvalue weighted by atomic mass is 9.72. The number of H-pyrrole nitrogens is 1. The predicted octanol–water partition coefficient (Wildman–Crippen LogP) is 4.33. The average Bonchev–Trinajstić information content (AvgIpc) is 3.02. The van der Waals surface area contributed by atoms with Crippen LogP contribution in [0.3, 0.4) is 0 Å². The molecule has 0 bridgehead atoms. The van der Waals surface area contributed by atoms with Crippen LogP contribution in [0.1, 0.15) is 35.2 Å². The van der Waals surface area contributed by atoms with Gasteiger partial charge in [0.25, 0.3) is 0 Å². The molecule has 2 aromatic carbocycles. The maximum Gasteiger partial charge on any atom is 0.224 e. The van der Waals surface area contributed by atoms with Crippen LogP contribution in [0.2, 0.25) is 0 Å². The lowest BCUT2D eigenvalue weighted by molar-refractivity contribution is -0.120. The number of carbonyl (C=O) groups excluding carboxylic acids is 1. The summed E-state index contributed by atoms with van der Waals surface area (Å²) in [5, 5.41) is 3.94. The van der Waals surface area contributed by atoms with Crippen LogP contribution in [0.4, 0.5) is 4.39 Å². The van der Waals surface area contributed by atoms with Gasteiger partial charge >= 0.3 is 0 Å². The molecule has 2 N–H and O–H groups in total. The number of aryl methyl sites for hydroxylation is 2. The number of halogens is 1. The minimum atomic E-state index is -0.293. The Labute approximate surface area is 170 Å². The molecule has 0 radical (unpaired) electrons. The second kappa shape index (κ2) is 7.99. The molecular weight excluding hydrogens is 367 g/mol. The van der Waals surface area contributed by atoms with Gasteiger partial charge in [0.15, 0.2) is 0 Å². The lowest BCUT2D eigenvalue weighted by Crippen LogP contribution is -2.45. The number of hydrogen-bond donors (Lipinski definition) is 2. The molecule has 5 heteroatoms. The van der Waals surface area contributed by atoms with Gasteiger partial charge in [-0.15, -0.1) is 0 Å². The number of benzene rings is 2. The van der Waals surface area contributed by atoms with Gasteiger partial charge in [0.2, 0.25) is 5.91 Å². The zero-order chi connectivity index (χ0) is 20.4. The molecule has 29 heavy (non-hydrogen) atoms. The summed E-state index contributed by atoms with van der Waals surface area (Å²) in [6.07, 6.45) is 2.00. The monoisotopic (exact) mass is 394 g/mol. The van der Waals surface area contributed by atoms with E-state index in [9.17, 15) is 9.18 Å². The maximum atomic E-state index is 13.7. The molecule has 2 heterocycles. The first kappa shape index (κ1) is 19.6. The number of nitrogens with one attached hydrogen (secondary N) is 2. The summed E-state index contributed by atoms with van der Waals surface area (Å²) < 4.78 is 19.3. The molecule has 152 valence electrons. The van der Waals surface area contributed by atoms with Crippen molar-refractivity contribution in [2.45, 2.75) is 38.5 Å². The van der Waals surface area contributed by atoms with E-state index < -0.39 is 0 Å². The van der Waals surface area contributed by atoms with Crippen LogP contribution in [0.25, 0.3) is 10.9 Å². The van der Waals surface area contributed by atoms with Crippen molar-refractivity contribution in [1.82, 2.24) is 10.3 Å². The van der Waals surface area contributed by atoms with Crippen molar-refractivity contribution < 1.29 is 13.9 Å². The number of ether oxygens (including phenoxy) is 1. The molecule has 0 aliphatic carbocycles. The highest BCUT2D eigenvalue weighted by Crippen LogP contribution is 2.36. The van der Waals surface area contributed by atoms with Gasteiger partial charge in [-0.1, -0.05) is 24.3 Å². The van der Waals surface area contributed by atoms with E-state index in [-0.39, 0.29) is 23.6 Å². The quantitative estimate of drug-likeness (QED) is 0.677. The highest BCUT2D eigenvalue weighted by molar-refractivity contribution is 5.90. The zero-order valence-corrected chi connectivity index (χ0v) is 17.0. The average molecular weight is 394 g/mol. The Morgan fingerprint density at radius 3 is 2.69 bits per heavy atom. The Kier molecular flexibility index (Phi) is 5.41. The van der Waals surface area contributed by atoms with Crippen molar-refractivity contribution in [3.8, 4) is 0 Å². The number of aromatic nitrogens is 1. The SMILES string of the molecule is Cc1ccccc1C1(CNC(=O)Cc2c(C)[nH]c3ccc(F)cc23)CCOCC1. The third-order valence-corrected chi connectivity index (χ3v) is 6.21. The number of rotatable bonds is 5. The van der Waals surface area contributed by atoms with E-state index in [1.54, 1.807) is 6.07 Å². The van der Waals surface area contributed by atoms with Crippen LogP contribution in [-0.4, -0.2) is 30.6 Å². The Morgan fingerprint density at radius 2 is 1.93 bits per heavy atom. The molecule has 0 spiro atoms. The number of aromatic amines is 1. The fraction of sp³-hybridized carbons (Fsp3) is 0.375. The van der Waals surface area contributed by atoms with E-state index in [4.69, 9.17) is 4.74 Å². The Morgan fingerprint density at radius 1 is 1.17 bits per heavy atom. The van der Waals surface area contributed by atoms with Crippen LogP contribution in [-0.2, 0) is 21.4 Å². The summed E-state index contributed by atoms with van der Waals surface area (Å²) in [6, 6.07) is 13.0. The van der Waals surface area contributed by atoms with Gasteiger partial charge in [-0.25, -0.2) is 4.39 Å². The van der Waals surface area contributed by atoms with Gasteiger partial charge in [-0.05, 0) is 61.6 Å². The van der Waals surface area contributed by atoms with E-state index >= 15 is 0 Å². The first-order valence-electron chi connectivity index (χ1n) is 10.2. The van der Waals surface area contributed by atoms with E-state index in [1.807, 2.05) is 13.0 Å². The van der Waals surface area contributed by atoms with Crippen molar-refractivity contribution in [3.05, 3.63) is 70.7 Å². The molecule has 1 aliphatic heterocycles. The second-order valence-corrected chi connectivity index (χ2v) is 8.08. The van der Waals surface area contributed by atoms with Gasteiger partial charge in [-0.3, -0.25) is 4.79 Å². The normalized spacial score (nSPS) is 16.1.